The largest absolute Gasteiger partial charge is 0.392 e. The molecule has 0 amide bonds. The number of aliphatic hydroxyl groups is 2. The van der Waals surface area contributed by atoms with Gasteiger partial charge in [-0.3, -0.25) is 0 Å². The molecule has 2 N–H and O–H groups in total. The van der Waals surface area contributed by atoms with Crippen LogP contribution in [0.4, 0.5) is 0 Å². The van der Waals surface area contributed by atoms with Gasteiger partial charge in [0.05, 0.1) is 24.4 Å². The molecule has 66 heavy (non-hydrogen) atoms. The maximum absolute atomic E-state index is 11.5. The molecule has 2 heterocycles. The van der Waals surface area contributed by atoms with Crippen LogP contribution >= 0.6 is 0 Å². The molecule has 0 unspecified atom stereocenters. The number of allylic oxidation sites excluding steroid dienone is 4. The summed E-state index contributed by atoms with van der Waals surface area (Å²) in [4.78, 5) is 0. The summed E-state index contributed by atoms with van der Waals surface area (Å²) in [6.07, 6.45) is 11.3. The minimum atomic E-state index is -0.662. The van der Waals surface area contributed by atoms with Gasteiger partial charge in [0.15, 0.2) is 12.6 Å². The van der Waals surface area contributed by atoms with Crippen molar-refractivity contribution < 1.29 is 67.1 Å². The van der Waals surface area contributed by atoms with E-state index in [1.807, 2.05) is 38.2 Å². The van der Waals surface area contributed by atoms with Gasteiger partial charge in [0, 0.05) is 82.4 Å². The molecule has 4 fully saturated rings. The van der Waals surface area contributed by atoms with Crippen LogP contribution < -0.4 is 0 Å². The van der Waals surface area contributed by atoms with Crippen LogP contribution in [0, 0.1) is 47.3 Å². The average molecular weight is 939 g/mol. The van der Waals surface area contributed by atoms with Gasteiger partial charge in [0.1, 0.15) is 48.8 Å². The van der Waals surface area contributed by atoms with Crippen molar-refractivity contribution in [1.29, 1.82) is 0 Å². The fourth-order valence-corrected chi connectivity index (χ4v) is 11.0. The molecular weight excluding hydrogens is 849 g/mol. The van der Waals surface area contributed by atoms with Crippen LogP contribution in [-0.2, 0) is 56.8 Å². The first-order valence-electron chi connectivity index (χ1n) is 24.4. The smallest absolute Gasteiger partial charge is 0.186 e. The van der Waals surface area contributed by atoms with Crippen LogP contribution in [0.3, 0.4) is 0 Å². The van der Waals surface area contributed by atoms with Crippen molar-refractivity contribution in [2.45, 2.75) is 166 Å². The van der Waals surface area contributed by atoms with Crippen LogP contribution in [-0.4, -0.2) is 167 Å². The number of aliphatic hydroxyl groups excluding tert-OH is 2. The third kappa shape index (κ3) is 14.0. The van der Waals surface area contributed by atoms with E-state index in [-0.39, 0.29) is 54.0 Å². The molecule has 2 aliphatic carbocycles. The first-order valence-corrected chi connectivity index (χ1v) is 24.4. The number of hydrogen-bond acceptors (Lipinski definition) is 14. The second-order valence-electron chi connectivity index (χ2n) is 19.4. The molecule has 0 spiro atoms. The van der Waals surface area contributed by atoms with Gasteiger partial charge < -0.3 is 67.1 Å². The minimum absolute atomic E-state index is 0.00247. The van der Waals surface area contributed by atoms with Crippen molar-refractivity contribution in [3.8, 4) is 0 Å². The lowest BCUT2D eigenvalue weighted by Crippen LogP contribution is -2.60. The molecule has 2 aliphatic heterocycles. The summed E-state index contributed by atoms with van der Waals surface area (Å²) in [6.45, 7) is 15.2. The molecule has 4 rings (SSSR count). The maximum Gasteiger partial charge on any atom is 0.186 e. The summed E-state index contributed by atoms with van der Waals surface area (Å²) in [5, 5.41) is 22.7. The lowest BCUT2D eigenvalue weighted by Gasteiger charge is -2.45. The predicted molar refractivity (Wildman–Crippen MR) is 254 cm³/mol. The van der Waals surface area contributed by atoms with E-state index in [0.717, 1.165) is 43.3 Å². The summed E-state index contributed by atoms with van der Waals surface area (Å²) in [5.41, 5.74) is 1.91. The van der Waals surface area contributed by atoms with E-state index in [2.05, 4.69) is 46.8 Å². The van der Waals surface area contributed by atoms with Crippen LogP contribution in [0.5, 0.6) is 0 Å². The van der Waals surface area contributed by atoms with Crippen LogP contribution in [0.2, 0.25) is 0 Å². The van der Waals surface area contributed by atoms with E-state index in [0.29, 0.717) is 24.4 Å². The zero-order chi connectivity index (χ0) is 48.8. The summed E-state index contributed by atoms with van der Waals surface area (Å²) >= 11 is 0. The van der Waals surface area contributed by atoms with Crippen LogP contribution in [0.1, 0.15) is 80.6 Å². The minimum Gasteiger partial charge on any atom is -0.392 e. The van der Waals surface area contributed by atoms with Gasteiger partial charge in [-0.25, -0.2) is 0 Å². The molecule has 0 bridgehead atoms. The zero-order valence-corrected chi connectivity index (χ0v) is 43.2. The number of rotatable bonds is 29. The van der Waals surface area contributed by atoms with Gasteiger partial charge in [-0.15, -0.1) is 0 Å². The maximum atomic E-state index is 11.5. The molecule has 0 aromatic carbocycles. The molecule has 22 atom stereocenters. The lowest BCUT2D eigenvalue weighted by molar-refractivity contribution is -0.298. The van der Waals surface area contributed by atoms with Gasteiger partial charge in [-0.1, -0.05) is 71.1 Å². The first-order chi connectivity index (χ1) is 31.7. The van der Waals surface area contributed by atoms with E-state index < -0.39 is 61.4 Å². The van der Waals surface area contributed by atoms with Crippen molar-refractivity contribution in [2.24, 2.45) is 47.3 Å². The summed E-state index contributed by atoms with van der Waals surface area (Å²) in [5.74, 6) is 1.95. The molecular formula is C52H90O14. The third-order valence-electron chi connectivity index (χ3n) is 15.5. The second-order valence-corrected chi connectivity index (χ2v) is 19.4. The molecule has 4 aliphatic rings. The fraction of sp³-hybridized carbons (Fsp3) is 0.846. The van der Waals surface area contributed by atoms with E-state index in [1.54, 1.807) is 64.0 Å². The Morgan fingerprint density at radius 1 is 0.545 bits per heavy atom. The number of ether oxygens (including phenoxy) is 12. The van der Waals surface area contributed by atoms with Gasteiger partial charge in [-0.05, 0) is 92.6 Å². The second kappa shape index (κ2) is 27.7. The van der Waals surface area contributed by atoms with Crippen molar-refractivity contribution in [3.63, 3.8) is 0 Å². The number of methoxy groups -OCH3 is 9. The van der Waals surface area contributed by atoms with Crippen molar-refractivity contribution in [1.82, 2.24) is 0 Å². The topological polar surface area (TPSA) is 151 Å². The molecule has 382 valence electrons. The van der Waals surface area contributed by atoms with Gasteiger partial charge in [0.2, 0.25) is 0 Å². The van der Waals surface area contributed by atoms with Crippen LogP contribution in [0.25, 0.3) is 0 Å². The Bertz CT molecular complexity index is 1520. The van der Waals surface area contributed by atoms with Crippen molar-refractivity contribution in [2.75, 3.05) is 70.6 Å². The Balaban J connectivity index is 1.29. The van der Waals surface area contributed by atoms with Crippen molar-refractivity contribution >= 4 is 0 Å². The normalized spacial score (nSPS) is 36.8. The summed E-state index contributed by atoms with van der Waals surface area (Å²) < 4.78 is 71.7. The first kappa shape index (κ1) is 57.0. The molecule has 0 aromatic heterocycles. The average Bonchev–Trinajstić information content (AvgIpc) is 4.28. The molecule has 14 heteroatoms. The zero-order valence-electron chi connectivity index (χ0n) is 43.2. The van der Waals surface area contributed by atoms with E-state index in [9.17, 15) is 10.2 Å². The van der Waals surface area contributed by atoms with E-state index in [4.69, 9.17) is 56.8 Å². The summed E-state index contributed by atoms with van der Waals surface area (Å²) in [7, 11) is 14.9. The van der Waals surface area contributed by atoms with Crippen molar-refractivity contribution in [3.05, 3.63) is 47.6 Å². The number of hydrogen-bond donors (Lipinski definition) is 2. The Kier molecular flexibility index (Phi) is 23.9. The monoisotopic (exact) mass is 939 g/mol. The van der Waals surface area contributed by atoms with Gasteiger partial charge in [0.25, 0.3) is 0 Å². The fourth-order valence-electron chi connectivity index (χ4n) is 11.0. The highest BCUT2D eigenvalue weighted by Gasteiger charge is 2.51. The summed E-state index contributed by atoms with van der Waals surface area (Å²) in [6, 6.07) is 0. The Morgan fingerprint density at radius 2 is 0.955 bits per heavy atom. The SMILES string of the molecule is CC[C@H](OC)[C@@H](C)[C@@H]1C[C@H]1[C@H](O)[C@@H](C)/C=C/C=C(\C)[C@H]1O[C@H](OC)[C@H](OC)[C@@H](OCCC[C@H](OC)[C@@H](C)[C@@H]2C[C@H]2[C@H](O)[C@@H](C)/C=C/C=C(\C)[C@H]2O[C@@H](OC)[C@H](OC)[C@@H](OC)[C@@H]2OC)[C@@H]1OC. The predicted octanol–water partition coefficient (Wildman–Crippen LogP) is 6.95. The molecule has 0 aromatic rings. The standard InChI is InChI=1S/C52H90O14/c1-17-39(55-8)33(6)35-27-37(35)41(53)29(2)22-19-24-32(5)44-46(58-11)48(50(61-14)52(63-16)66-44)64-26-20-25-40(56-9)34(7)36-28-38(36)42(54)30(3)21-18-23-31(4)43-45(57-10)47(59-12)49(60-13)51(62-15)65-43/h18-19,21-24,29-30,33-54H,17,20,25-28H2,1-16H3/b21-18+,22-19+,31-23+,32-24+/t29-,30-,33-,34-,35-,36-,37+,38+,39-,40-,41+,42+,43+,44+,45+,46+,47-,48-,49+,50+,51+,52-/m0/s1. The molecule has 0 radical (unpaired) electrons. The highest BCUT2D eigenvalue weighted by molar-refractivity contribution is 5.21. The Hall–Kier alpha value is -1.60. The Labute approximate surface area is 398 Å². The van der Waals surface area contributed by atoms with Gasteiger partial charge in [-0.2, -0.15) is 0 Å². The lowest BCUT2D eigenvalue weighted by atomic mass is 9.90. The molecule has 2 saturated heterocycles. The van der Waals surface area contributed by atoms with Crippen LogP contribution in [0.15, 0.2) is 47.6 Å². The quantitative estimate of drug-likeness (QED) is 0.0588. The molecule has 14 nitrogen and oxygen atoms in total. The molecule has 2 saturated carbocycles. The van der Waals surface area contributed by atoms with Gasteiger partial charge >= 0.3 is 0 Å². The third-order valence-corrected chi connectivity index (χ3v) is 15.5. The Morgan fingerprint density at radius 3 is 1.35 bits per heavy atom. The van der Waals surface area contributed by atoms with E-state index in [1.165, 1.54) is 0 Å². The van der Waals surface area contributed by atoms with E-state index >= 15 is 0 Å². The highest BCUT2D eigenvalue weighted by Crippen LogP contribution is 2.51. The highest BCUT2D eigenvalue weighted by atomic mass is 16.7.